The van der Waals surface area contributed by atoms with E-state index in [1.165, 1.54) is 18.2 Å². The summed E-state index contributed by atoms with van der Waals surface area (Å²) in [6, 6.07) is 4.69. The first-order valence-corrected chi connectivity index (χ1v) is 4.10. The van der Waals surface area contributed by atoms with E-state index in [1.54, 1.807) is 12.1 Å². The van der Waals surface area contributed by atoms with E-state index in [9.17, 15) is 9.18 Å². The van der Waals surface area contributed by atoms with Gasteiger partial charge in [-0.2, -0.15) is 0 Å². The fraction of sp³-hybridized carbons (Fsp3) is 0.100. The number of carbonyl (C=O) groups excluding carboxylic acids is 1. The molecule has 0 radical (unpaired) electrons. The third-order valence-corrected chi connectivity index (χ3v) is 1.67. The number of amides is 1. The van der Waals surface area contributed by atoms with E-state index in [0.29, 0.717) is 5.56 Å². The van der Waals surface area contributed by atoms with Crippen molar-refractivity contribution < 1.29 is 9.18 Å². The first-order valence-electron chi connectivity index (χ1n) is 4.10. The average molecular weight is 194 g/mol. The Kier molecular flexibility index (Phi) is 3.23. The summed E-state index contributed by atoms with van der Waals surface area (Å²) >= 11 is 0. The summed E-state index contributed by atoms with van der Waals surface area (Å²) in [6.45, 7) is 0. The fourth-order valence-electron chi connectivity index (χ4n) is 0.999. The molecule has 1 aromatic carbocycles. The molecule has 0 saturated heterocycles. The quantitative estimate of drug-likeness (QED) is 0.712. The average Bonchev–Trinajstić information content (AvgIpc) is 2.12. The maximum Gasteiger partial charge on any atom is 0.221 e. The summed E-state index contributed by atoms with van der Waals surface area (Å²) in [7, 11) is 0. The Labute approximate surface area is 81.2 Å². The van der Waals surface area contributed by atoms with Gasteiger partial charge in [0, 0.05) is 12.0 Å². The minimum Gasteiger partial charge on any atom is -0.396 e. The summed E-state index contributed by atoms with van der Waals surface area (Å²) < 4.78 is 13.2. The highest BCUT2D eigenvalue weighted by atomic mass is 19.1. The van der Waals surface area contributed by atoms with Gasteiger partial charge in [0.15, 0.2) is 5.82 Å². The molecule has 0 aliphatic heterocycles. The van der Waals surface area contributed by atoms with Crippen molar-refractivity contribution in [2.45, 2.75) is 6.42 Å². The third kappa shape index (κ3) is 2.58. The Morgan fingerprint density at radius 3 is 2.86 bits per heavy atom. The molecule has 1 aromatic rings. The summed E-state index contributed by atoms with van der Waals surface area (Å²) in [5, 5.41) is 0. The van der Waals surface area contributed by atoms with Crippen LogP contribution in [0.25, 0.3) is 6.08 Å². The lowest BCUT2D eigenvalue weighted by atomic mass is 10.1. The number of nitrogen functional groups attached to an aromatic ring is 1. The van der Waals surface area contributed by atoms with Crippen LogP contribution in [0.3, 0.4) is 0 Å². The van der Waals surface area contributed by atoms with E-state index in [4.69, 9.17) is 11.5 Å². The Balaban J connectivity index is 2.81. The van der Waals surface area contributed by atoms with Gasteiger partial charge in [0.25, 0.3) is 0 Å². The Hall–Kier alpha value is -1.84. The molecule has 0 saturated carbocycles. The molecule has 4 heteroatoms. The van der Waals surface area contributed by atoms with E-state index in [1.807, 2.05) is 0 Å². The van der Waals surface area contributed by atoms with Crippen molar-refractivity contribution in [2.75, 3.05) is 5.73 Å². The van der Waals surface area contributed by atoms with Gasteiger partial charge in [0.2, 0.25) is 5.91 Å². The highest BCUT2D eigenvalue weighted by molar-refractivity contribution is 5.76. The Bertz CT molecular complexity index is 374. The standard InChI is InChI=1S/C10H11FN2O/c11-10-7(3-1-5-8(10)12)4-2-6-9(13)14/h1-5H,6,12H2,(H2,13,14). The van der Waals surface area contributed by atoms with Crippen molar-refractivity contribution in [3.8, 4) is 0 Å². The lowest BCUT2D eigenvalue weighted by Crippen LogP contribution is -2.07. The molecule has 4 N–H and O–H groups in total. The lowest BCUT2D eigenvalue weighted by molar-refractivity contribution is -0.117. The maximum atomic E-state index is 13.2. The van der Waals surface area contributed by atoms with Gasteiger partial charge < -0.3 is 11.5 Å². The number of primary amides is 1. The van der Waals surface area contributed by atoms with Gasteiger partial charge in [-0.15, -0.1) is 0 Å². The zero-order valence-electron chi connectivity index (χ0n) is 7.53. The monoisotopic (exact) mass is 194 g/mol. The van der Waals surface area contributed by atoms with Gasteiger partial charge in [-0.05, 0) is 6.07 Å². The number of carbonyl (C=O) groups is 1. The van der Waals surface area contributed by atoms with E-state index in [-0.39, 0.29) is 12.1 Å². The number of anilines is 1. The van der Waals surface area contributed by atoms with E-state index < -0.39 is 11.7 Å². The van der Waals surface area contributed by atoms with Crippen molar-refractivity contribution >= 4 is 17.7 Å². The van der Waals surface area contributed by atoms with Crippen LogP contribution in [0.2, 0.25) is 0 Å². The first kappa shape index (κ1) is 10.2. The van der Waals surface area contributed by atoms with Crippen LogP contribution >= 0.6 is 0 Å². The van der Waals surface area contributed by atoms with Crippen LogP contribution in [-0.2, 0) is 4.79 Å². The zero-order valence-corrected chi connectivity index (χ0v) is 7.53. The molecule has 0 fully saturated rings. The minimum atomic E-state index is -0.478. The van der Waals surface area contributed by atoms with Crippen LogP contribution in [0.5, 0.6) is 0 Å². The third-order valence-electron chi connectivity index (χ3n) is 1.67. The molecule has 14 heavy (non-hydrogen) atoms. The maximum absolute atomic E-state index is 13.2. The molecule has 3 nitrogen and oxygen atoms in total. The molecule has 0 aliphatic carbocycles. The van der Waals surface area contributed by atoms with Crippen molar-refractivity contribution in [1.82, 2.24) is 0 Å². The lowest BCUT2D eigenvalue weighted by Gasteiger charge is -1.99. The predicted octanol–water partition coefficient (Wildman–Crippen LogP) is 1.30. The van der Waals surface area contributed by atoms with Gasteiger partial charge in [0.1, 0.15) is 0 Å². The number of hydrogen-bond donors (Lipinski definition) is 2. The SMILES string of the molecule is NC(=O)CC=Cc1cccc(N)c1F. The van der Waals surface area contributed by atoms with Gasteiger partial charge in [-0.1, -0.05) is 24.3 Å². The molecule has 0 heterocycles. The molecule has 0 spiro atoms. The van der Waals surface area contributed by atoms with Gasteiger partial charge in [-0.3, -0.25) is 4.79 Å². The van der Waals surface area contributed by atoms with Gasteiger partial charge >= 0.3 is 0 Å². The molecule has 1 rings (SSSR count). The summed E-state index contributed by atoms with van der Waals surface area (Å²) in [5.41, 5.74) is 10.7. The highest BCUT2D eigenvalue weighted by Crippen LogP contribution is 2.15. The molecule has 1 amide bonds. The number of benzene rings is 1. The van der Waals surface area contributed by atoms with E-state index in [0.717, 1.165) is 0 Å². The van der Waals surface area contributed by atoms with Crippen LogP contribution in [0.1, 0.15) is 12.0 Å². The molecular formula is C10H11FN2O. The van der Waals surface area contributed by atoms with Crippen molar-refractivity contribution in [2.24, 2.45) is 5.73 Å². The van der Waals surface area contributed by atoms with Crippen LogP contribution in [0, 0.1) is 5.82 Å². The number of nitrogens with two attached hydrogens (primary N) is 2. The highest BCUT2D eigenvalue weighted by Gasteiger charge is 2.01. The minimum absolute atomic E-state index is 0.0891. The normalized spacial score (nSPS) is 10.6. The largest absolute Gasteiger partial charge is 0.396 e. The molecule has 74 valence electrons. The van der Waals surface area contributed by atoms with Crippen LogP contribution < -0.4 is 11.5 Å². The second-order valence-corrected chi connectivity index (χ2v) is 2.82. The summed E-state index contributed by atoms with van der Waals surface area (Å²) in [6.07, 6.45) is 3.07. The van der Waals surface area contributed by atoms with Crippen LogP contribution in [0.4, 0.5) is 10.1 Å². The predicted molar refractivity (Wildman–Crippen MR) is 53.7 cm³/mol. The second kappa shape index (κ2) is 4.41. The van der Waals surface area contributed by atoms with Gasteiger partial charge in [-0.25, -0.2) is 4.39 Å². The smallest absolute Gasteiger partial charge is 0.221 e. The van der Waals surface area contributed by atoms with Crippen molar-refractivity contribution in [3.05, 3.63) is 35.7 Å². The van der Waals surface area contributed by atoms with Crippen molar-refractivity contribution in [1.29, 1.82) is 0 Å². The topological polar surface area (TPSA) is 69.1 Å². The first-order chi connectivity index (χ1) is 6.61. The fourth-order valence-corrected chi connectivity index (χ4v) is 0.999. The second-order valence-electron chi connectivity index (χ2n) is 2.82. The Morgan fingerprint density at radius 2 is 2.21 bits per heavy atom. The molecule has 0 atom stereocenters. The number of halogens is 1. The molecule has 0 aliphatic rings. The number of hydrogen-bond acceptors (Lipinski definition) is 2. The van der Waals surface area contributed by atoms with Crippen molar-refractivity contribution in [3.63, 3.8) is 0 Å². The molecule has 0 aromatic heterocycles. The summed E-state index contributed by atoms with van der Waals surface area (Å²) in [5.74, 6) is -0.932. The summed E-state index contributed by atoms with van der Waals surface area (Å²) in [4.78, 5) is 10.4. The van der Waals surface area contributed by atoms with E-state index >= 15 is 0 Å². The van der Waals surface area contributed by atoms with Crippen LogP contribution in [0.15, 0.2) is 24.3 Å². The van der Waals surface area contributed by atoms with Gasteiger partial charge in [0.05, 0.1) is 5.69 Å². The molecule has 0 bridgehead atoms. The zero-order chi connectivity index (χ0) is 10.6. The Morgan fingerprint density at radius 1 is 1.50 bits per heavy atom. The molecular weight excluding hydrogens is 183 g/mol. The van der Waals surface area contributed by atoms with E-state index in [2.05, 4.69) is 0 Å². The number of rotatable bonds is 3. The molecule has 0 unspecified atom stereocenters. The van der Waals surface area contributed by atoms with Crippen LogP contribution in [-0.4, -0.2) is 5.91 Å².